The minimum absolute atomic E-state index is 0.451. The number of nitrogens with zero attached hydrogens (tertiary/aromatic N) is 2. The van der Waals surface area contributed by atoms with Gasteiger partial charge in [0.15, 0.2) is 5.16 Å². The van der Waals surface area contributed by atoms with Crippen molar-refractivity contribution >= 4 is 11.8 Å². The highest BCUT2D eigenvalue weighted by Gasteiger charge is 2.04. The lowest BCUT2D eigenvalue weighted by Gasteiger charge is -1.98. The highest BCUT2D eigenvalue weighted by Crippen LogP contribution is 2.21. The molecule has 0 aromatic carbocycles. The van der Waals surface area contributed by atoms with Gasteiger partial charge in [-0.3, -0.25) is 0 Å². The van der Waals surface area contributed by atoms with Crippen molar-refractivity contribution in [3.8, 4) is 0 Å². The summed E-state index contributed by atoms with van der Waals surface area (Å²) >= 11 is 1.65. The number of aryl methyl sites for hydroxylation is 1. The number of rotatable bonds is 4. The number of thioether (sulfide) groups is 1. The van der Waals surface area contributed by atoms with Crippen molar-refractivity contribution in [2.45, 2.75) is 17.5 Å². The van der Waals surface area contributed by atoms with Crippen LogP contribution in [0.25, 0.3) is 0 Å². The van der Waals surface area contributed by atoms with E-state index in [0.29, 0.717) is 6.54 Å². The number of hydrogen-bond acceptors (Lipinski definition) is 4. The Morgan fingerprint density at radius 1 is 1.47 bits per heavy atom. The van der Waals surface area contributed by atoms with Gasteiger partial charge >= 0.3 is 0 Å². The fourth-order valence-corrected chi connectivity index (χ4v) is 2.06. The Bertz CT molecular complexity index is 435. The molecular formula is C10H13N3OS. The van der Waals surface area contributed by atoms with Crippen LogP contribution in [0.15, 0.2) is 34.1 Å². The van der Waals surface area contributed by atoms with Crippen molar-refractivity contribution in [1.29, 1.82) is 0 Å². The quantitative estimate of drug-likeness (QED) is 0.802. The van der Waals surface area contributed by atoms with E-state index >= 15 is 0 Å². The first-order valence-corrected chi connectivity index (χ1v) is 5.66. The van der Waals surface area contributed by atoms with Gasteiger partial charge in [-0.1, -0.05) is 11.8 Å². The lowest BCUT2D eigenvalue weighted by atomic mass is 10.4. The summed E-state index contributed by atoms with van der Waals surface area (Å²) in [4.78, 5) is 4.22. The molecule has 0 unspecified atom stereocenters. The molecular weight excluding hydrogens is 210 g/mol. The highest BCUT2D eigenvalue weighted by atomic mass is 32.2. The van der Waals surface area contributed by atoms with E-state index in [4.69, 9.17) is 10.2 Å². The third-order valence-corrected chi connectivity index (χ3v) is 3.12. The first kappa shape index (κ1) is 10.3. The molecule has 0 amide bonds. The summed E-state index contributed by atoms with van der Waals surface area (Å²) < 4.78 is 7.47. The molecule has 5 heteroatoms. The van der Waals surface area contributed by atoms with Crippen molar-refractivity contribution in [3.63, 3.8) is 0 Å². The monoisotopic (exact) mass is 223 g/mol. The van der Waals surface area contributed by atoms with Crippen LogP contribution in [0.4, 0.5) is 0 Å². The van der Waals surface area contributed by atoms with Gasteiger partial charge in [-0.15, -0.1) is 0 Å². The molecule has 2 heterocycles. The number of hydrogen-bond donors (Lipinski definition) is 1. The second-order valence-electron chi connectivity index (χ2n) is 3.18. The SMILES string of the molecule is Cn1ccnc1SCc1ccc(CN)o1. The number of nitrogens with two attached hydrogens (primary N) is 1. The van der Waals surface area contributed by atoms with E-state index in [2.05, 4.69) is 4.98 Å². The van der Waals surface area contributed by atoms with E-state index in [1.54, 1.807) is 18.0 Å². The molecule has 2 aromatic heterocycles. The maximum atomic E-state index is 5.49. The molecule has 4 nitrogen and oxygen atoms in total. The van der Waals surface area contributed by atoms with Crippen LogP contribution in [-0.4, -0.2) is 9.55 Å². The minimum Gasteiger partial charge on any atom is -0.464 e. The summed E-state index contributed by atoms with van der Waals surface area (Å²) in [5.74, 6) is 2.54. The molecule has 0 saturated carbocycles. The van der Waals surface area contributed by atoms with E-state index in [9.17, 15) is 0 Å². The molecule has 80 valence electrons. The van der Waals surface area contributed by atoms with Gasteiger partial charge in [0.25, 0.3) is 0 Å². The summed E-state index contributed by atoms with van der Waals surface area (Å²) in [6.45, 7) is 0.451. The largest absolute Gasteiger partial charge is 0.464 e. The van der Waals surface area contributed by atoms with Crippen LogP contribution in [0.2, 0.25) is 0 Å². The van der Waals surface area contributed by atoms with Crippen LogP contribution in [-0.2, 0) is 19.3 Å². The summed E-state index contributed by atoms with van der Waals surface area (Å²) in [7, 11) is 1.97. The molecule has 2 rings (SSSR count). The third kappa shape index (κ3) is 2.43. The fourth-order valence-electron chi connectivity index (χ4n) is 1.24. The molecule has 0 atom stereocenters. The van der Waals surface area contributed by atoms with Crippen LogP contribution in [0.5, 0.6) is 0 Å². The molecule has 0 aliphatic heterocycles. The Balaban J connectivity index is 1.96. The Hall–Kier alpha value is -1.20. The Labute approximate surface area is 92.5 Å². The van der Waals surface area contributed by atoms with Gasteiger partial charge in [-0.05, 0) is 12.1 Å². The van der Waals surface area contributed by atoms with E-state index in [0.717, 1.165) is 22.4 Å². The zero-order chi connectivity index (χ0) is 10.7. The molecule has 0 aliphatic rings. The molecule has 0 aliphatic carbocycles. The third-order valence-electron chi connectivity index (χ3n) is 2.04. The predicted octanol–water partition coefficient (Wildman–Crippen LogP) is 1.76. The van der Waals surface area contributed by atoms with Gasteiger partial charge in [-0.2, -0.15) is 0 Å². The molecule has 0 bridgehead atoms. The molecule has 0 fully saturated rings. The van der Waals surface area contributed by atoms with Crippen LogP contribution >= 0.6 is 11.8 Å². The number of furan rings is 1. The van der Waals surface area contributed by atoms with E-state index in [1.165, 1.54) is 0 Å². The predicted molar refractivity (Wildman–Crippen MR) is 59.4 cm³/mol. The lowest BCUT2D eigenvalue weighted by molar-refractivity contribution is 0.482. The van der Waals surface area contributed by atoms with Crippen molar-refractivity contribution in [3.05, 3.63) is 36.0 Å². The van der Waals surface area contributed by atoms with Crippen LogP contribution < -0.4 is 5.73 Å². The van der Waals surface area contributed by atoms with Crippen molar-refractivity contribution < 1.29 is 4.42 Å². The van der Waals surface area contributed by atoms with Gasteiger partial charge in [0.05, 0.1) is 12.3 Å². The zero-order valence-electron chi connectivity index (χ0n) is 8.51. The second-order valence-corrected chi connectivity index (χ2v) is 4.12. The van der Waals surface area contributed by atoms with E-state index < -0.39 is 0 Å². The number of imidazole rings is 1. The summed E-state index contributed by atoms with van der Waals surface area (Å²) in [6.07, 6.45) is 3.71. The van der Waals surface area contributed by atoms with Crippen molar-refractivity contribution in [2.75, 3.05) is 0 Å². The smallest absolute Gasteiger partial charge is 0.168 e. The van der Waals surface area contributed by atoms with Gasteiger partial charge < -0.3 is 14.7 Å². The topological polar surface area (TPSA) is 57.0 Å². The lowest BCUT2D eigenvalue weighted by Crippen LogP contribution is -1.92. The Morgan fingerprint density at radius 2 is 2.27 bits per heavy atom. The van der Waals surface area contributed by atoms with Crippen molar-refractivity contribution in [2.24, 2.45) is 12.8 Å². The van der Waals surface area contributed by atoms with Gasteiger partial charge in [-0.25, -0.2) is 4.98 Å². The molecule has 0 radical (unpaired) electrons. The van der Waals surface area contributed by atoms with E-state index in [1.807, 2.05) is 29.9 Å². The summed E-state index contributed by atoms with van der Waals surface area (Å²) in [5.41, 5.74) is 5.46. The average Bonchev–Trinajstić information content (AvgIpc) is 2.84. The van der Waals surface area contributed by atoms with Crippen LogP contribution in [0, 0.1) is 0 Å². The van der Waals surface area contributed by atoms with Crippen LogP contribution in [0.1, 0.15) is 11.5 Å². The normalized spacial score (nSPS) is 10.8. The first-order valence-electron chi connectivity index (χ1n) is 4.67. The summed E-state index contributed by atoms with van der Waals surface area (Å²) in [6, 6.07) is 3.87. The van der Waals surface area contributed by atoms with Crippen LogP contribution in [0.3, 0.4) is 0 Å². The second kappa shape index (κ2) is 4.55. The zero-order valence-corrected chi connectivity index (χ0v) is 9.33. The number of aromatic nitrogens is 2. The maximum Gasteiger partial charge on any atom is 0.168 e. The average molecular weight is 223 g/mol. The first-order chi connectivity index (χ1) is 7.29. The summed E-state index contributed by atoms with van der Waals surface area (Å²) in [5, 5.41) is 0.987. The Morgan fingerprint density at radius 3 is 2.87 bits per heavy atom. The van der Waals surface area contributed by atoms with Gasteiger partial charge in [0.2, 0.25) is 0 Å². The standard InChI is InChI=1S/C10H13N3OS/c1-13-5-4-12-10(13)15-7-9-3-2-8(6-11)14-9/h2-5H,6-7,11H2,1H3. The van der Waals surface area contributed by atoms with Gasteiger partial charge in [0, 0.05) is 19.4 Å². The van der Waals surface area contributed by atoms with Gasteiger partial charge in [0.1, 0.15) is 11.5 Å². The van der Waals surface area contributed by atoms with E-state index in [-0.39, 0.29) is 0 Å². The fraction of sp³-hybridized carbons (Fsp3) is 0.300. The van der Waals surface area contributed by atoms with Crippen molar-refractivity contribution in [1.82, 2.24) is 9.55 Å². The minimum atomic E-state index is 0.451. The molecule has 0 saturated heterocycles. The highest BCUT2D eigenvalue weighted by molar-refractivity contribution is 7.98. The maximum absolute atomic E-state index is 5.49. The molecule has 2 aromatic rings. The molecule has 2 N–H and O–H groups in total. The Kier molecular flexibility index (Phi) is 3.13. The molecule has 15 heavy (non-hydrogen) atoms. The molecule has 0 spiro atoms.